The van der Waals surface area contributed by atoms with E-state index in [9.17, 15) is 4.79 Å². The molecule has 1 aromatic rings. The van der Waals surface area contributed by atoms with Crippen LogP contribution in [0.25, 0.3) is 0 Å². The number of carbonyl (C=O) groups excluding carboxylic acids is 1. The molecule has 4 saturated carbocycles. The van der Waals surface area contributed by atoms with Gasteiger partial charge in [0.15, 0.2) is 11.5 Å². The lowest BCUT2D eigenvalue weighted by Gasteiger charge is -2.56. The Morgan fingerprint density at radius 1 is 1.12 bits per heavy atom. The minimum atomic E-state index is 0.0451. The van der Waals surface area contributed by atoms with E-state index in [1.54, 1.807) is 20.4 Å². The minimum Gasteiger partial charge on any atom is -0.493 e. The normalized spacial score (nSPS) is 32.0. The topological polar surface area (TPSA) is 59.9 Å². The van der Waals surface area contributed by atoms with Crippen LogP contribution in [0.1, 0.15) is 50.5 Å². The van der Waals surface area contributed by atoms with E-state index >= 15 is 0 Å². The first kappa shape index (κ1) is 17.4. The fraction of sp³-hybridized carbons (Fsp3) is 0.619. The lowest BCUT2D eigenvalue weighted by atomic mass is 9.49. The standard InChI is InChI=1S/C21H28N2O3/c1-25-18-4-3-14(8-19(18)26-2)13-22-23-20(24)12-21-9-15-5-16(10-21)7-17(6-15)11-21/h3-4,8,13,15-17H,5-7,9-12H2,1-2H3,(H,23,24)/b22-13+. The summed E-state index contributed by atoms with van der Waals surface area (Å²) in [6.07, 6.45) is 10.2. The van der Waals surface area contributed by atoms with Crippen molar-refractivity contribution >= 4 is 12.1 Å². The van der Waals surface area contributed by atoms with Crippen molar-refractivity contribution in [2.45, 2.75) is 44.9 Å². The number of amides is 1. The molecular formula is C21H28N2O3. The van der Waals surface area contributed by atoms with E-state index in [1.807, 2.05) is 18.2 Å². The summed E-state index contributed by atoms with van der Waals surface area (Å²) in [5.74, 6) is 3.97. The molecule has 4 fully saturated rings. The van der Waals surface area contributed by atoms with Gasteiger partial charge in [0.05, 0.1) is 20.4 Å². The Morgan fingerprint density at radius 3 is 2.31 bits per heavy atom. The van der Waals surface area contributed by atoms with Gasteiger partial charge in [0.1, 0.15) is 0 Å². The highest BCUT2D eigenvalue weighted by molar-refractivity contribution is 5.83. The van der Waals surface area contributed by atoms with E-state index < -0.39 is 0 Å². The second kappa shape index (κ2) is 6.93. The summed E-state index contributed by atoms with van der Waals surface area (Å²) in [6, 6.07) is 5.56. The third-order valence-corrected chi connectivity index (χ3v) is 6.51. The Morgan fingerprint density at radius 2 is 1.73 bits per heavy atom. The van der Waals surface area contributed by atoms with Crippen molar-refractivity contribution in [3.63, 3.8) is 0 Å². The van der Waals surface area contributed by atoms with Gasteiger partial charge in [0, 0.05) is 6.42 Å². The third-order valence-electron chi connectivity index (χ3n) is 6.51. The van der Waals surface area contributed by atoms with Gasteiger partial charge < -0.3 is 9.47 Å². The monoisotopic (exact) mass is 356 g/mol. The Kier molecular flexibility index (Phi) is 4.63. The van der Waals surface area contributed by atoms with Crippen LogP contribution in [0.15, 0.2) is 23.3 Å². The van der Waals surface area contributed by atoms with Crippen LogP contribution in [0.3, 0.4) is 0 Å². The first-order valence-electron chi connectivity index (χ1n) is 9.63. The Hall–Kier alpha value is -2.04. The van der Waals surface area contributed by atoms with Crippen LogP contribution < -0.4 is 14.9 Å². The minimum absolute atomic E-state index is 0.0451. The van der Waals surface area contributed by atoms with E-state index in [0.29, 0.717) is 17.9 Å². The average molecular weight is 356 g/mol. The first-order valence-corrected chi connectivity index (χ1v) is 9.63. The Labute approximate surface area is 155 Å². The van der Waals surface area contributed by atoms with Crippen LogP contribution in [0.4, 0.5) is 0 Å². The summed E-state index contributed by atoms with van der Waals surface area (Å²) in [5, 5.41) is 4.15. The summed E-state index contributed by atoms with van der Waals surface area (Å²) in [6.45, 7) is 0. The van der Waals surface area contributed by atoms with E-state index in [1.165, 1.54) is 38.5 Å². The fourth-order valence-electron chi connectivity index (χ4n) is 6.00. The lowest BCUT2D eigenvalue weighted by Crippen LogP contribution is -2.47. The molecule has 0 atom stereocenters. The molecule has 0 aliphatic heterocycles. The molecule has 5 nitrogen and oxygen atoms in total. The zero-order valence-corrected chi connectivity index (χ0v) is 15.7. The van der Waals surface area contributed by atoms with Gasteiger partial charge in [0.2, 0.25) is 5.91 Å². The molecule has 0 heterocycles. The molecule has 4 aliphatic rings. The molecule has 140 valence electrons. The van der Waals surface area contributed by atoms with Crippen LogP contribution in [-0.4, -0.2) is 26.3 Å². The highest BCUT2D eigenvalue weighted by atomic mass is 16.5. The number of hydrogen-bond donors (Lipinski definition) is 1. The Bertz CT molecular complexity index is 678. The number of ether oxygens (including phenoxy) is 2. The highest BCUT2D eigenvalue weighted by Crippen LogP contribution is 2.61. The second-order valence-corrected chi connectivity index (χ2v) is 8.50. The van der Waals surface area contributed by atoms with Crippen molar-refractivity contribution < 1.29 is 14.3 Å². The van der Waals surface area contributed by atoms with Gasteiger partial charge in [-0.05, 0) is 85.5 Å². The molecule has 1 N–H and O–H groups in total. The first-order chi connectivity index (χ1) is 12.6. The zero-order chi connectivity index (χ0) is 18.1. The van der Waals surface area contributed by atoms with Crippen molar-refractivity contribution in [1.29, 1.82) is 0 Å². The molecule has 0 unspecified atom stereocenters. The van der Waals surface area contributed by atoms with Crippen molar-refractivity contribution in [3.05, 3.63) is 23.8 Å². The second-order valence-electron chi connectivity index (χ2n) is 8.50. The molecule has 0 aromatic heterocycles. The summed E-state index contributed by atoms with van der Waals surface area (Å²) < 4.78 is 10.5. The van der Waals surface area contributed by atoms with Gasteiger partial charge in [-0.3, -0.25) is 4.79 Å². The summed E-state index contributed by atoms with van der Waals surface area (Å²) in [7, 11) is 3.21. The molecule has 1 amide bonds. The maximum atomic E-state index is 12.5. The summed E-state index contributed by atoms with van der Waals surface area (Å²) >= 11 is 0. The molecule has 1 aromatic carbocycles. The van der Waals surface area contributed by atoms with Crippen molar-refractivity contribution in [1.82, 2.24) is 5.43 Å². The molecule has 0 radical (unpaired) electrons. The van der Waals surface area contributed by atoms with Crippen LogP contribution >= 0.6 is 0 Å². The molecular weight excluding hydrogens is 328 g/mol. The number of hydrazone groups is 1. The summed E-state index contributed by atoms with van der Waals surface area (Å²) in [5.41, 5.74) is 3.84. The highest BCUT2D eigenvalue weighted by Gasteiger charge is 2.51. The van der Waals surface area contributed by atoms with Gasteiger partial charge in [-0.15, -0.1) is 0 Å². The van der Waals surface area contributed by atoms with E-state index in [2.05, 4.69) is 10.5 Å². The Balaban J connectivity index is 1.35. The largest absolute Gasteiger partial charge is 0.493 e. The predicted octanol–water partition coefficient (Wildman–Crippen LogP) is 3.76. The van der Waals surface area contributed by atoms with E-state index in [4.69, 9.17) is 9.47 Å². The molecule has 0 saturated heterocycles. The van der Waals surface area contributed by atoms with Gasteiger partial charge in [-0.25, -0.2) is 5.43 Å². The van der Waals surface area contributed by atoms with Crippen LogP contribution in [0.5, 0.6) is 11.5 Å². The average Bonchev–Trinajstić information content (AvgIpc) is 2.59. The van der Waals surface area contributed by atoms with Gasteiger partial charge >= 0.3 is 0 Å². The van der Waals surface area contributed by atoms with Gasteiger partial charge in [-0.2, -0.15) is 5.10 Å². The van der Waals surface area contributed by atoms with Crippen LogP contribution in [-0.2, 0) is 4.79 Å². The molecule has 5 rings (SSSR count). The van der Waals surface area contributed by atoms with E-state index in [0.717, 1.165) is 23.3 Å². The number of rotatable bonds is 6. The van der Waals surface area contributed by atoms with Gasteiger partial charge in [0.25, 0.3) is 0 Å². The number of hydrogen-bond acceptors (Lipinski definition) is 4. The molecule has 5 heteroatoms. The summed E-state index contributed by atoms with van der Waals surface area (Å²) in [4.78, 5) is 12.5. The number of methoxy groups -OCH3 is 2. The molecule has 0 spiro atoms. The number of nitrogens with zero attached hydrogens (tertiary/aromatic N) is 1. The van der Waals surface area contributed by atoms with Crippen molar-refractivity contribution in [3.8, 4) is 11.5 Å². The molecule has 4 bridgehead atoms. The fourth-order valence-corrected chi connectivity index (χ4v) is 6.00. The third kappa shape index (κ3) is 3.44. The lowest BCUT2D eigenvalue weighted by molar-refractivity contribution is -0.129. The smallest absolute Gasteiger partial charge is 0.240 e. The SMILES string of the molecule is COc1ccc(/C=N/NC(=O)CC23CC4CC(CC(C4)C2)C3)cc1OC. The van der Waals surface area contributed by atoms with Crippen molar-refractivity contribution in [2.24, 2.45) is 28.3 Å². The molecule has 26 heavy (non-hydrogen) atoms. The van der Waals surface area contributed by atoms with Gasteiger partial charge in [-0.1, -0.05) is 0 Å². The number of carbonyl (C=O) groups is 1. The predicted molar refractivity (Wildman–Crippen MR) is 101 cm³/mol. The van der Waals surface area contributed by atoms with Crippen LogP contribution in [0.2, 0.25) is 0 Å². The van der Waals surface area contributed by atoms with Crippen molar-refractivity contribution in [2.75, 3.05) is 14.2 Å². The number of benzene rings is 1. The molecule has 4 aliphatic carbocycles. The van der Waals surface area contributed by atoms with Crippen LogP contribution in [0, 0.1) is 23.2 Å². The zero-order valence-electron chi connectivity index (χ0n) is 15.7. The maximum absolute atomic E-state index is 12.5. The van der Waals surface area contributed by atoms with E-state index in [-0.39, 0.29) is 11.3 Å². The number of nitrogens with one attached hydrogen (secondary N) is 1. The maximum Gasteiger partial charge on any atom is 0.240 e. The quantitative estimate of drug-likeness (QED) is 0.624.